The largest absolute Gasteiger partial charge is 0.292 e. The molecule has 4 heteroatoms. The van der Waals surface area contributed by atoms with Crippen LogP contribution in [0.2, 0.25) is 0 Å². The maximum atomic E-state index is 9.02. The Morgan fingerprint density at radius 2 is 2.45 bits per heavy atom. The van der Waals surface area contributed by atoms with E-state index in [-0.39, 0.29) is 0 Å². The zero-order valence-electron chi connectivity index (χ0n) is 6.10. The lowest BCUT2D eigenvalue weighted by Crippen LogP contribution is -2.28. The van der Waals surface area contributed by atoms with Gasteiger partial charge >= 0.3 is 0 Å². The first-order chi connectivity index (χ1) is 5.27. The highest BCUT2D eigenvalue weighted by Crippen LogP contribution is 2.00. The second-order valence-electron chi connectivity index (χ2n) is 2.41. The van der Waals surface area contributed by atoms with Gasteiger partial charge in [-0.1, -0.05) is 0 Å². The van der Waals surface area contributed by atoms with Gasteiger partial charge in [0.05, 0.1) is 12.4 Å². The van der Waals surface area contributed by atoms with Crippen molar-refractivity contribution in [3.63, 3.8) is 0 Å². The molecular weight excluding hydrogens is 142 g/mol. The number of aromatic nitrogens is 3. The second-order valence-corrected chi connectivity index (χ2v) is 2.41. The highest BCUT2D eigenvalue weighted by molar-refractivity contribution is 5.41. The van der Waals surface area contributed by atoms with Crippen molar-refractivity contribution in [1.29, 1.82) is 0 Å². The molecule has 0 amide bonds. The number of hydrogen-bond acceptors (Lipinski definition) is 2. The zero-order chi connectivity index (χ0) is 7.84. The van der Waals surface area contributed by atoms with Crippen LogP contribution in [-0.2, 0) is 0 Å². The molecule has 1 N–H and O–H groups in total. The second kappa shape index (κ2) is 1.95. The fourth-order valence-corrected chi connectivity index (χ4v) is 1.07. The van der Waals surface area contributed by atoms with Gasteiger partial charge in [-0.3, -0.25) is 9.61 Å². The fourth-order valence-electron chi connectivity index (χ4n) is 1.07. The third kappa shape index (κ3) is 0.832. The fraction of sp³-hybridized carbons (Fsp3) is 0.143. The van der Waals surface area contributed by atoms with Gasteiger partial charge in [0.15, 0.2) is 0 Å². The molecule has 0 fully saturated rings. The third-order valence-electron chi connectivity index (χ3n) is 1.64. The number of fused-ring (bicyclic) bond motifs is 1. The van der Waals surface area contributed by atoms with E-state index in [9.17, 15) is 0 Å². The maximum absolute atomic E-state index is 9.02. The van der Waals surface area contributed by atoms with E-state index >= 15 is 0 Å². The average Bonchev–Trinajstić information content (AvgIpc) is 2.32. The molecule has 0 unspecified atom stereocenters. The van der Waals surface area contributed by atoms with Crippen molar-refractivity contribution in [3.8, 4) is 0 Å². The molecule has 0 aliphatic heterocycles. The van der Waals surface area contributed by atoms with Crippen molar-refractivity contribution in [3.05, 3.63) is 30.6 Å². The van der Waals surface area contributed by atoms with Crippen LogP contribution in [0, 0.1) is 6.92 Å². The third-order valence-corrected chi connectivity index (χ3v) is 1.64. The number of aryl methyl sites for hydroxylation is 1. The van der Waals surface area contributed by atoms with Crippen LogP contribution in [0.3, 0.4) is 0 Å². The Labute approximate surface area is 63.3 Å². The first-order valence-corrected chi connectivity index (χ1v) is 3.31. The van der Waals surface area contributed by atoms with Crippen molar-refractivity contribution >= 4 is 5.52 Å². The summed E-state index contributed by atoms with van der Waals surface area (Å²) in [4.78, 5) is 4.08. The van der Waals surface area contributed by atoms with E-state index in [0.717, 1.165) is 16.1 Å². The summed E-state index contributed by atoms with van der Waals surface area (Å²) >= 11 is 0. The first-order valence-electron chi connectivity index (χ1n) is 3.31. The lowest BCUT2D eigenvalue weighted by atomic mass is 10.6. The van der Waals surface area contributed by atoms with Gasteiger partial charge in [-0.2, -0.15) is 0 Å². The lowest BCUT2D eigenvalue weighted by molar-refractivity contribution is -0.904. The highest BCUT2D eigenvalue weighted by atomic mass is 16.5. The van der Waals surface area contributed by atoms with E-state index in [2.05, 4.69) is 4.98 Å². The minimum atomic E-state index is 0.882. The van der Waals surface area contributed by atoms with Crippen LogP contribution in [0.15, 0.2) is 24.8 Å². The summed E-state index contributed by atoms with van der Waals surface area (Å²) in [6.45, 7) is 1.91. The number of nitrogens with zero attached hydrogens (tertiary/aromatic N) is 3. The monoisotopic (exact) mass is 150 g/mol. The van der Waals surface area contributed by atoms with Crippen LogP contribution in [0.1, 0.15) is 5.82 Å². The molecule has 2 aromatic rings. The molecule has 0 atom stereocenters. The van der Waals surface area contributed by atoms with E-state index in [1.54, 1.807) is 24.8 Å². The molecule has 0 saturated heterocycles. The molecule has 2 aromatic heterocycles. The molecular formula is C7H8N3O+. The molecule has 0 aliphatic rings. The van der Waals surface area contributed by atoms with Gasteiger partial charge in [-0.25, -0.2) is 4.98 Å². The smallest absolute Gasteiger partial charge is 0.247 e. The topological polar surface area (TPSA) is 41.4 Å². The van der Waals surface area contributed by atoms with Crippen molar-refractivity contribution in [1.82, 2.24) is 9.38 Å². The molecule has 2 heterocycles. The molecule has 0 aliphatic carbocycles. The van der Waals surface area contributed by atoms with Crippen molar-refractivity contribution < 1.29 is 9.94 Å². The molecule has 0 radical (unpaired) electrons. The average molecular weight is 150 g/mol. The van der Waals surface area contributed by atoms with Crippen molar-refractivity contribution in [2.45, 2.75) is 6.92 Å². The summed E-state index contributed by atoms with van der Waals surface area (Å²) in [5.41, 5.74) is 0.882. The van der Waals surface area contributed by atoms with Crippen LogP contribution in [0.25, 0.3) is 5.52 Å². The Morgan fingerprint density at radius 1 is 1.64 bits per heavy atom. The normalized spacial score (nSPS) is 10.6. The Morgan fingerprint density at radius 3 is 3.27 bits per heavy atom. The van der Waals surface area contributed by atoms with Crippen LogP contribution < -0.4 is 4.73 Å². The number of rotatable bonds is 0. The SMILES string of the molecule is Cc1ncc2c[n+](O)ccn12. The molecule has 0 spiro atoms. The summed E-state index contributed by atoms with van der Waals surface area (Å²) < 4.78 is 2.91. The van der Waals surface area contributed by atoms with E-state index in [0.29, 0.717) is 0 Å². The maximum Gasteiger partial charge on any atom is 0.247 e. The van der Waals surface area contributed by atoms with E-state index in [1.165, 1.54) is 0 Å². The van der Waals surface area contributed by atoms with Gasteiger partial charge in [-0.05, 0) is 6.92 Å². The van der Waals surface area contributed by atoms with Gasteiger partial charge in [0, 0.05) is 4.73 Å². The minimum Gasteiger partial charge on any atom is -0.292 e. The van der Waals surface area contributed by atoms with Crippen molar-refractivity contribution in [2.24, 2.45) is 0 Å². The zero-order valence-corrected chi connectivity index (χ0v) is 6.10. The van der Waals surface area contributed by atoms with E-state index in [1.807, 2.05) is 11.3 Å². The van der Waals surface area contributed by atoms with Crippen LogP contribution >= 0.6 is 0 Å². The summed E-state index contributed by atoms with van der Waals surface area (Å²) in [7, 11) is 0. The predicted octanol–water partition coefficient (Wildman–Crippen LogP) is 0.168. The Bertz CT molecular complexity index is 393. The van der Waals surface area contributed by atoms with Crippen LogP contribution in [0.4, 0.5) is 0 Å². The van der Waals surface area contributed by atoms with Crippen LogP contribution in [0.5, 0.6) is 0 Å². The Kier molecular flexibility index (Phi) is 1.09. The first kappa shape index (κ1) is 6.15. The summed E-state index contributed by atoms with van der Waals surface area (Å²) in [6.07, 6.45) is 6.63. The van der Waals surface area contributed by atoms with Gasteiger partial charge in [-0.15, -0.1) is 0 Å². The number of imidazole rings is 1. The molecule has 56 valence electrons. The quantitative estimate of drug-likeness (QED) is 0.429. The van der Waals surface area contributed by atoms with Gasteiger partial charge in [0.25, 0.3) is 0 Å². The Balaban J connectivity index is 2.86. The summed E-state index contributed by atoms with van der Waals surface area (Å²) in [5, 5.41) is 9.02. The summed E-state index contributed by atoms with van der Waals surface area (Å²) in [6, 6.07) is 0. The van der Waals surface area contributed by atoms with Crippen molar-refractivity contribution in [2.75, 3.05) is 0 Å². The molecule has 0 aromatic carbocycles. The van der Waals surface area contributed by atoms with Gasteiger partial charge in [0.1, 0.15) is 11.3 Å². The molecule has 0 saturated carbocycles. The molecule has 2 rings (SSSR count). The highest BCUT2D eigenvalue weighted by Gasteiger charge is 2.02. The standard InChI is InChI=1S/C7H8N3O/c1-6-8-4-7-5-9(11)2-3-10(6)7/h2-5,11H,1H3/q+1. The van der Waals surface area contributed by atoms with Gasteiger partial charge in [0.2, 0.25) is 12.4 Å². The van der Waals surface area contributed by atoms with Gasteiger partial charge < -0.3 is 0 Å². The van der Waals surface area contributed by atoms with E-state index in [4.69, 9.17) is 5.21 Å². The minimum absolute atomic E-state index is 0.882. The lowest BCUT2D eigenvalue weighted by Gasteiger charge is -1.89. The number of hydrogen-bond donors (Lipinski definition) is 1. The van der Waals surface area contributed by atoms with E-state index < -0.39 is 0 Å². The molecule has 4 nitrogen and oxygen atoms in total. The molecule has 0 bridgehead atoms. The summed E-state index contributed by atoms with van der Waals surface area (Å²) in [5.74, 6) is 0.917. The molecule has 11 heavy (non-hydrogen) atoms. The van der Waals surface area contributed by atoms with Crippen LogP contribution in [-0.4, -0.2) is 14.6 Å². The predicted molar refractivity (Wildman–Crippen MR) is 37.3 cm³/mol. The Hall–Kier alpha value is -1.58.